The quantitative estimate of drug-likeness (QED) is 0.775. The number of hydrogen-bond acceptors (Lipinski definition) is 2. The topological polar surface area (TPSA) is 38.0 Å². The first-order chi connectivity index (χ1) is 7.47. The lowest BCUT2D eigenvalue weighted by Gasteiger charge is -2.23. The molecule has 1 unspecified atom stereocenters. The van der Waals surface area contributed by atoms with Gasteiger partial charge in [0.15, 0.2) is 11.6 Å². The Labute approximate surface area is 94.8 Å². The van der Waals surface area contributed by atoms with Crippen LogP contribution in [0.2, 0.25) is 0 Å². The van der Waals surface area contributed by atoms with Gasteiger partial charge in [-0.3, -0.25) is 0 Å². The van der Waals surface area contributed by atoms with E-state index in [1.165, 1.54) is 6.07 Å². The number of nitrogens with one attached hydrogen (secondary N) is 1. The van der Waals surface area contributed by atoms with Gasteiger partial charge in [-0.05, 0) is 24.5 Å². The lowest BCUT2D eigenvalue weighted by Crippen LogP contribution is -2.26. The maximum Gasteiger partial charge on any atom is 0.183 e. The van der Waals surface area contributed by atoms with Gasteiger partial charge in [-0.15, -0.1) is 0 Å². The van der Waals surface area contributed by atoms with E-state index in [9.17, 15) is 8.78 Å². The molecule has 0 saturated heterocycles. The summed E-state index contributed by atoms with van der Waals surface area (Å²) in [5.74, 6) is -1.46. The van der Waals surface area contributed by atoms with Crippen LogP contribution < -0.4 is 11.1 Å². The first-order valence-corrected chi connectivity index (χ1v) is 5.47. The molecular formula is C12H18F2N2. The van der Waals surface area contributed by atoms with Gasteiger partial charge < -0.3 is 11.1 Å². The minimum atomic E-state index is -0.904. The Kier molecular flexibility index (Phi) is 4.10. The molecule has 0 aliphatic heterocycles. The third-order valence-electron chi connectivity index (χ3n) is 2.70. The molecule has 0 radical (unpaired) electrons. The van der Waals surface area contributed by atoms with Crippen molar-refractivity contribution in [3.8, 4) is 0 Å². The Hall–Kier alpha value is -1.32. The molecule has 1 atom stereocenters. The summed E-state index contributed by atoms with van der Waals surface area (Å²) in [4.78, 5) is 0. The SMILES string of the molecule is CCC(Nc1c(N)ccc(F)c1F)C(C)C. The summed E-state index contributed by atoms with van der Waals surface area (Å²) in [6.45, 7) is 6.04. The minimum absolute atomic E-state index is 0.0700. The molecule has 0 spiro atoms. The number of rotatable bonds is 4. The fourth-order valence-corrected chi connectivity index (χ4v) is 1.64. The average molecular weight is 228 g/mol. The molecule has 16 heavy (non-hydrogen) atoms. The molecule has 0 amide bonds. The summed E-state index contributed by atoms with van der Waals surface area (Å²) in [7, 11) is 0. The van der Waals surface area contributed by atoms with Crippen LogP contribution in [0.3, 0.4) is 0 Å². The highest BCUT2D eigenvalue weighted by atomic mass is 19.2. The van der Waals surface area contributed by atoms with Crippen molar-refractivity contribution in [2.24, 2.45) is 5.92 Å². The molecule has 0 saturated carbocycles. The standard InChI is InChI=1S/C12H18F2N2/c1-4-10(7(2)3)16-12-9(15)6-5-8(13)11(12)14/h5-7,10,16H,4,15H2,1-3H3. The Morgan fingerprint density at radius 2 is 1.94 bits per heavy atom. The molecule has 1 aromatic rings. The van der Waals surface area contributed by atoms with Gasteiger partial charge >= 0.3 is 0 Å². The molecule has 1 aromatic carbocycles. The van der Waals surface area contributed by atoms with Crippen LogP contribution in [0, 0.1) is 17.6 Å². The summed E-state index contributed by atoms with van der Waals surface area (Å²) >= 11 is 0. The van der Waals surface area contributed by atoms with Gasteiger partial charge in [0.05, 0.1) is 11.4 Å². The zero-order chi connectivity index (χ0) is 12.3. The number of hydrogen-bond donors (Lipinski definition) is 2. The fraction of sp³-hybridized carbons (Fsp3) is 0.500. The van der Waals surface area contributed by atoms with Crippen LogP contribution in [0.15, 0.2) is 12.1 Å². The second-order valence-electron chi connectivity index (χ2n) is 4.23. The summed E-state index contributed by atoms with van der Waals surface area (Å²) < 4.78 is 26.5. The van der Waals surface area contributed by atoms with Gasteiger partial charge in [0, 0.05) is 6.04 Å². The van der Waals surface area contributed by atoms with Crippen molar-refractivity contribution in [3.63, 3.8) is 0 Å². The molecule has 1 rings (SSSR count). The second kappa shape index (κ2) is 5.14. The van der Waals surface area contributed by atoms with Crippen molar-refractivity contribution in [2.45, 2.75) is 33.2 Å². The Bertz CT molecular complexity index is 364. The van der Waals surface area contributed by atoms with Crippen molar-refractivity contribution >= 4 is 11.4 Å². The molecule has 0 aliphatic carbocycles. The summed E-state index contributed by atoms with van der Waals surface area (Å²) in [5, 5.41) is 2.97. The van der Waals surface area contributed by atoms with E-state index >= 15 is 0 Å². The first kappa shape index (κ1) is 12.7. The zero-order valence-corrected chi connectivity index (χ0v) is 9.85. The highest BCUT2D eigenvalue weighted by molar-refractivity contribution is 5.67. The van der Waals surface area contributed by atoms with Crippen LogP contribution in [0.5, 0.6) is 0 Å². The number of anilines is 2. The van der Waals surface area contributed by atoms with Gasteiger partial charge in [0.25, 0.3) is 0 Å². The monoisotopic (exact) mass is 228 g/mol. The molecule has 0 aliphatic rings. The van der Waals surface area contributed by atoms with Crippen LogP contribution in [0.1, 0.15) is 27.2 Å². The van der Waals surface area contributed by atoms with Gasteiger partial charge in [-0.25, -0.2) is 8.78 Å². The van der Waals surface area contributed by atoms with E-state index in [2.05, 4.69) is 5.32 Å². The van der Waals surface area contributed by atoms with Crippen LogP contribution >= 0.6 is 0 Å². The van der Waals surface area contributed by atoms with Crippen molar-refractivity contribution in [2.75, 3.05) is 11.1 Å². The van der Waals surface area contributed by atoms with E-state index in [4.69, 9.17) is 5.73 Å². The van der Waals surface area contributed by atoms with E-state index in [0.717, 1.165) is 12.5 Å². The van der Waals surface area contributed by atoms with Gasteiger partial charge in [-0.1, -0.05) is 20.8 Å². The Morgan fingerprint density at radius 1 is 1.31 bits per heavy atom. The number of halogens is 2. The fourth-order valence-electron chi connectivity index (χ4n) is 1.64. The lowest BCUT2D eigenvalue weighted by molar-refractivity contribution is 0.491. The number of nitrogen functional groups attached to an aromatic ring is 1. The van der Waals surface area contributed by atoms with Gasteiger partial charge in [-0.2, -0.15) is 0 Å². The predicted molar refractivity (Wildman–Crippen MR) is 63.3 cm³/mol. The van der Waals surface area contributed by atoms with Crippen molar-refractivity contribution < 1.29 is 8.78 Å². The lowest BCUT2D eigenvalue weighted by atomic mass is 10.0. The Morgan fingerprint density at radius 3 is 2.44 bits per heavy atom. The van der Waals surface area contributed by atoms with Crippen LogP contribution in [-0.4, -0.2) is 6.04 Å². The van der Waals surface area contributed by atoms with E-state index in [-0.39, 0.29) is 17.4 Å². The summed E-state index contributed by atoms with van der Waals surface area (Å²) in [6, 6.07) is 2.48. The largest absolute Gasteiger partial charge is 0.397 e. The first-order valence-electron chi connectivity index (χ1n) is 5.47. The number of benzene rings is 1. The summed E-state index contributed by atoms with van der Waals surface area (Å²) in [6.07, 6.45) is 0.826. The molecule has 90 valence electrons. The zero-order valence-electron chi connectivity index (χ0n) is 9.85. The number of nitrogens with two attached hydrogens (primary N) is 1. The van der Waals surface area contributed by atoms with Crippen LogP contribution in [-0.2, 0) is 0 Å². The minimum Gasteiger partial charge on any atom is -0.397 e. The molecule has 3 N–H and O–H groups in total. The van der Waals surface area contributed by atoms with Crippen LogP contribution in [0.4, 0.5) is 20.2 Å². The van der Waals surface area contributed by atoms with Gasteiger partial charge in [0.2, 0.25) is 0 Å². The van der Waals surface area contributed by atoms with Crippen molar-refractivity contribution in [1.29, 1.82) is 0 Å². The molecule has 4 heteroatoms. The van der Waals surface area contributed by atoms with E-state index < -0.39 is 11.6 Å². The highest BCUT2D eigenvalue weighted by Crippen LogP contribution is 2.26. The predicted octanol–water partition coefficient (Wildman–Crippen LogP) is 3.39. The highest BCUT2D eigenvalue weighted by Gasteiger charge is 2.17. The third kappa shape index (κ3) is 2.62. The smallest absolute Gasteiger partial charge is 0.183 e. The summed E-state index contributed by atoms with van der Waals surface area (Å²) in [5.41, 5.74) is 5.93. The third-order valence-corrected chi connectivity index (χ3v) is 2.70. The Balaban J connectivity index is 3.00. The molecular weight excluding hydrogens is 210 g/mol. The normalized spacial score (nSPS) is 12.9. The van der Waals surface area contributed by atoms with Crippen LogP contribution in [0.25, 0.3) is 0 Å². The van der Waals surface area contributed by atoms with Crippen molar-refractivity contribution in [1.82, 2.24) is 0 Å². The average Bonchev–Trinajstić information content (AvgIpc) is 2.23. The molecule has 0 heterocycles. The second-order valence-corrected chi connectivity index (χ2v) is 4.23. The molecule has 0 fully saturated rings. The van der Waals surface area contributed by atoms with Gasteiger partial charge in [0.1, 0.15) is 0 Å². The molecule has 0 bridgehead atoms. The maximum absolute atomic E-state index is 13.5. The van der Waals surface area contributed by atoms with E-state index in [0.29, 0.717) is 5.92 Å². The van der Waals surface area contributed by atoms with Crippen molar-refractivity contribution in [3.05, 3.63) is 23.8 Å². The van der Waals surface area contributed by atoms with E-state index in [1.54, 1.807) is 0 Å². The van der Waals surface area contributed by atoms with E-state index in [1.807, 2.05) is 20.8 Å². The maximum atomic E-state index is 13.5. The molecule has 0 aromatic heterocycles. The molecule has 2 nitrogen and oxygen atoms in total.